The van der Waals surface area contributed by atoms with Crippen LogP contribution >= 0.6 is 0 Å². The van der Waals surface area contributed by atoms with E-state index < -0.39 is 5.82 Å². The summed E-state index contributed by atoms with van der Waals surface area (Å²) in [6, 6.07) is -0.245. The molecular weight excluding hydrogens is 100 g/mol. The van der Waals surface area contributed by atoms with Gasteiger partial charge in [0.2, 0.25) is 0 Å². The topological polar surface area (TPSA) is 82.3 Å². The van der Waals surface area contributed by atoms with Crippen LogP contribution in [-0.2, 0) is 0 Å². The highest BCUT2D eigenvalue weighted by Crippen LogP contribution is 1.83. The number of hydrogen-bond donors (Lipinski definition) is 1. The fourth-order valence-corrected chi connectivity index (χ4v) is 0.205. The molecule has 0 unspecified atom stereocenters. The number of nitrogens with two attached hydrogens (primary N) is 1. The first-order valence-corrected chi connectivity index (χ1v) is 1.51. The molecule has 1 aromatic rings. The van der Waals surface area contributed by atoms with Crippen LogP contribution in [0.3, 0.4) is 0 Å². The molecule has 0 aromatic carbocycles. The lowest BCUT2D eigenvalue weighted by Crippen LogP contribution is -1.86. The lowest BCUT2D eigenvalue weighted by atomic mass is 11.2. The van der Waals surface area contributed by atoms with Gasteiger partial charge in [0.1, 0.15) is 0 Å². The van der Waals surface area contributed by atoms with Crippen molar-refractivity contribution in [1.29, 1.82) is 0 Å². The summed E-state index contributed by atoms with van der Waals surface area (Å²) >= 11 is 0. The largest absolute Gasteiger partial charge is 0.543 e. The molecule has 1 heterocycles. The van der Waals surface area contributed by atoms with E-state index >= 15 is 0 Å². The molecule has 1 aromatic heterocycles. The molecule has 5 heteroatoms. The maximum atomic E-state index is 9.81. The molecule has 0 aliphatic carbocycles. The van der Waals surface area contributed by atoms with Gasteiger partial charge in [0.15, 0.2) is 0 Å². The molecule has 7 heavy (non-hydrogen) atoms. The zero-order valence-corrected chi connectivity index (χ0v) is 3.25. The number of nitrogens with zero attached hydrogens (tertiary/aromatic N) is 1. The Bertz CT molecular complexity index is 199. The van der Waals surface area contributed by atoms with Gasteiger partial charge in [-0.1, -0.05) is 0 Å². The van der Waals surface area contributed by atoms with Crippen molar-refractivity contribution in [3.63, 3.8) is 0 Å². The van der Waals surface area contributed by atoms with E-state index in [1.54, 1.807) is 0 Å². The van der Waals surface area contributed by atoms with Crippen LogP contribution in [0.5, 0.6) is 0 Å². The molecule has 0 bridgehead atoms. The van der Waals surface area contributed by atoms with Crippen molar-refractivity contribution in [3.8, 4) is 0 Å². The van der Waals surface area contributed by atoms with Crippen molar-refractivity contribution in [2.45, 2.75) is 0 Å². The molecule has 0 atom stereocenters. The van der Waals surface area contributed by atoms with Gasteiger partial charge >= 0.3 is 11.8 Å². The zero-order valence-electron chi connectivity index (χ0n) is 3.25. The lowest BCUT2D eigenvalue weighted by Gasteiger charge is -1.62. The highest BCUT2D eigenvalue weighted by atomic mass is 16.6. The summed E-state index contributed by atoms with van der Waals surface area (Å²) in [5.41, 5.74) is 4.81. The van der Waals surface area contributed by atoms with Crippen LogP contribution in [0, 0.1) is 0 Å². The Balaban J connectivity index is 3.30. The molecule has 0 amide bonds. The molecule has 0 spiro atoms. The molecule has 0 radical (unpaired) electrons. The number of anilines is 1. The third-order valence-electron chi connectivity index (χ3n) is 0.398. The van der Waals surface area contributed by atoms with E-state index in [0.717, 1.165) is 0 Å². The first-order valence-electron chi connectivity index (χ1n) is 1.51. The van der Waals surface area contributed by atoms with Crippen LogP contribution in [0.2, 0.25) is 0 Å². The van der Waals surface area contributed by atoms with Crippen LogP contribution in [0.1, 0.15) is 0 Å². The van der Waals surface area contributed by atoms with Crippen LogP contribution in [0.25, 0.3) is 0 Å². The average Bonchev–Trinajstić information content (AvgIpc) is 1.87. The van der Waals surface area contributed by atoms with Crippen molar-refractivity contribution in [2.24, 2.45) is 0 Å². The molecule has 0 aliphatic heterocycles. The summed E-state index contributed by atoms with van der Waals surface area (Å²) < 4.78 is 7.89. The molecule has 5 nitrogen and oxygen atoms in total. The van der Waals surface area contributed by atoms with E-state index in [-0.39, 0.29) is 6.01 Å². The maximum Gasteiger partial charge on any atom is 0.543 e. The Labute approximate surface area is 37.7 Å². The van der Waals surface area contributed by atoms with Crippen LogP contribution in [0.15, 0.2) is 13.7 Å². The van der Waals surface area contributed by atoms with Gasteiger partial charge in [0, 0.05) is 0 Å². The van der Waals surface area contributed by atoms with Crippen molar-refractivity contribution in [2.75, 3.05) is 5.73 Å². The molecule has 0 fully saturated rings. The smallest absolute Gasteiger partial charge is 0.356 e. The molecule has 0 aliphatic rings. The monoisotopic (exact) mass is 102 g/mol. The Hall–Kier alpha value is -1.26. The standard InChI is InChI=1S/C2H2N2O3/c3-1-4-7-2(5)6-1/h(H2,3,4). The molecule has 38 valence electrons. The third kappa shape index (κ3) is 0.594. The summed E-state index contributed by atoms with van der Waals surface area (Å²) in [5, 5.41) is 2.94. The first-order chi connectivity index (χ1) is 3.29. The fraction of sp³-hybridized carbons (Fsp3) is 0. The van der Waals surface area contributed by atoms with Gasteiger partial charge in [-0.3, -0.25) is 4.52 Å². The maximum absolute atomic E-state index is 9.81. The lowest BCUT2D eigenvalue weighted by molar-refractivity contribution is 0.335. The van der Waals surface area contributed by atoms with Gasteiger partial charge in [-0.05, 0) is 5.16 Å². The van der Waals surface area contributed by atoms with Gasteiger partial charge < -0.3 is 10.2 Å². The fourth-order valence-electron chi connectivity index (χ4n) is 0.205. The second kappa shape index (κ2) is 1.11. The van der Waals surface area contributed by atoms with Crippen molar-refractivity contribution < 1.29 is 8.94 Å². The summed E-state index contributed by atoms with van der Waals surface area (Å²) in [5.74, 6) is -0.877. The summed E-state index contributed by atoms with van der Waals surface area (Å²) in [6.45, 7) is 0. The highest BCUT2D eigenvalue weighted by Gasteiger charge is 1.91. The molecule has 1 rings (SSSR count). The summed E-state index contributed by atoms with van der Waals surface area (Å²) in [7, 11) is 0. The van der Waals surface area contributed by atoms with E-state index in [0.29, 0.717) is 0 Å². The Morgan fingerprint density at radius 2 is 2.43 bits per heavy atom. The summed E-state index contributed by atoms with van der Waals surface area (Å²) in [4.78, 5) is 9.81. The molecule has 0 saturated heterocycles. The summed E-state index contributed by atoms with van der Waals surface area (Å²) in [6.07, 6.45) is 0. The Kier molecular flexibility index (Phi) is 0.619. The third-order valence-corrected chi connectivity index (χ3v) is 0.398. The Morgan fingerprint density at radius 1 is 1.71 bits per heavy atom. The van der Waals surface area contributed by atoms with E-state index in [1.165, 1.54) is 0 Å². The molecular formula is C2H2N2O3. The van der Waals surface area contributed by atoms with Crippen molar-refractivity contribution in [3.05, 3.63) is 10.6 Å². The van der Waals surface area contributed by atoms with E-state index in [1.807, 2.05) is 0 Å². The van der Waals surface area contributed by atoms with Gasteiger partial charge in [0.25, 0.3) is 0 Å². The van der Waals surface area contributed by atoms with Crippen LogP contribution in [0.4, 0.5) is 6.01 Å². The predicted octanol–water partition coefficient (Wildman–Crippen LogP) is -0.790. The molecule has 2 N–H and O–H groups in total. The van der Waals surface area contributed by atoms with Gasteiger partial charge in [-0.15, -0.1) is 0 Å². The molecule has 0 saturated carbocycles. The van der Waals surface area contributed by atoms with Crippen LogP contribution in [-0.4, -0.2) is 5.16 Å². The quantitative estimate of drug-likeness (QED) is 0.464. The second-order valence-corrected chi connectivity index (χ2v) is 0.873. The number of hydrogen-bond acceptors (Lipinski definition) is 5. The Morgan fingerprint density at radius 3 is 2.57 bits per heavy atom. The normalized spacial score (nSPS) is 9.14. The van der Waals surface area contributed by atoms with Crippen molar-refractivity contribution >= 4 is 6.01 Å². The highest BCUT2D eigenvalue weighted by molar-refractivity contribution is 4.99. The van der Waals surface area contributed by atoms with Gasteiger partial charge in [0.05, 0.1) is 0 Å². The predicted molar refractivity (Wildman–Crippen MR) is 19.5 cm³/mol. The van der Waals surface area contributed by atoms with Crippen molar-refractivity contribution in [1.82, 2.24) is 5.16 Å². The second-order valence-electron chi connectivity index (χ2n) is 0.873. The van der Waals surface area contributed by atoms with E-state index in [9.17, 15) is 4.79 Å². The number of nitrogen functional groups attached to an aromatic ring is 1. The SMILES string of the molecule is Nc1noc(=O)o1. The van der Waals surface area contributed by atoms with Crippen LogP contribution < -0.4 is 11.6 Å². The number of aromatic nitrogens is 1. The van der Waals surface area contributed by atoms with Gasteiger partial charge in [-0.25, -0.2) is 4.79 Å². The minimum Gasteiger partial charge on any atom is -0.356 e. The first kappa shape index (κ1) is 3.91. The zero-order chi connectivity index (χ0) is 5.28. The number of rotatable bonds is 0. The van der Waals surface area contributed by atoms with E-state index in [4.69, 9.17) is 5.73 Å². The average molecular weight is 102 g/mol. The van der Waals surface area contributed by atoms with E-state index in [2.05, 4.69) is 14.1 Å². The minimum atomic E-state index is -0.877. The minimum absolute atomic E-state index is 0.245. The van der Waals surface area contributed by atoms with Gasteiger partial charge in [-0.2, -0.15) is 0 Å².